The van der Waals surface area contributed by atoms with E-state index in [0.29, 0.717) is 0 Å². The molecule has 1 aromatic carbocycles. The van der Waals surface area contributed by atoms with Crippen molar-refractivity contribution < 1.29 is 4.79 Å². The Kier molecular flexibility index (Phi) is 8.35. The van der Waals surface area contributed by atoms with Crippen LogP contribution in [0.4, 0.5) is 0 Å². The van der Waals surface area contributed by atoms with Crippen molar-refractivity contribution >= 4 is 5.91 Å². The van der Waals surface area contributed by atoms with Gasteiger partial charge in [0.25, 0.3) is 0 Å². The largest absolute Gasteiger partial charge is 0.356 e. The molecule has 156 valence electrons. The molecule has 2 aliphatic rings. The van der Waals surface area contributed by atoms with Crippen molar-refractivity contribution in [3.05, 3.63) is 35.4 Å². The van der Waals surface area contributed by atoms with Gasteiger partial charge >= 0.3 is 0 Å². The highest BCUT2D eigenvalue weighted by Crippen LogP contribution is 2.21. The summed E-state index contributed by atoms with van der Waals surface area (Å²) in [5.74, 6) is 0.479. The summed E-state index contributed by atoms with van der Waals surface area (Å²) in [5.41, 5.74) is 2.77. The lowest BCUT2D eigenvalue weighted by molar-refractivity contribution is -0.126. The van der Waals surface area contributed by atoms with Crippen LogP contribution in [-0.2, 0) is 11.3 Å². The maximum Gasteiger partial charge on any atom is 0.223 e. The first kappa shape index (κ1) is 21.3. The van der Waals surface area contributed by atoms with Crippen molar-refractivity contribution in [1.82, 2.24) is 15.1 Å². The Hall–Kier alpha value is -1.39. The highest BCUT2D eigenvalue weighted by atomic mass is 16.1. The van der Waals surface area contributed by atoms with Crippen LogP contribution in [0.25, 0.3) is 0 Å². The Labute approximate surface area is 171 Å². The van der Waals surface area contributed by atoms with Crippen molar-refractivity contribution in [3.63, 3.8) is 0 Å². The molecule has 1 amide bonds. The minimum atomic E-state index is 0.200. The molecule has 0 radical (unpaired) electrons. The summed E-state index contributed by atoms with van der Waals surface area (Å²) in [4.78, 5) is 17.7. The fraction of sp³-hybridized carbons (Fsp3) is 0.708. The summed E-state index contributed by atoms with van der Waals surface area (Å²) in [6, 6.07) is 9.39. The Morgan fingerprint density at radius 1 is 1.11 bits per heavy atom. The highest BCUT2D eigenvalue weighted by molar-refractivity contribution is 5.78. The summed E-state index contributed by atoms with van der Waals surface area (Å²) in [5, 5.41) is 3.21. The van der Waals surface area contributed by atoms with Crippen LogP contribution in [0.5, 0.6) is 0 Å². The van der Waals surface area contributed by atoms with Crippen molar-refractivity contribution in [3.8, 4) is 0 Å². The second-order valence-corrected chi connectivity index (χ2v) is 8.72. The predicted octanol–water partition coefficient (Wildman–Crippen LogP) is 3.98. The van der Waals surface area contributed by atoms with Gasteiger partial charge in [-0.05, 0) is 76.2 Å². The molecule has 4 heteroatoms. The lowest BCUT2D eigenvalue weighted by Gasteiger charge is -2.35. The molecule has 0 aromatic heterocycles. The van der Waals surface area contributed by atoms with E-state index in [4.69, 9.17) is 0 Å². The number of likely N-dealkylation sites (tertiary alicyclic amines) is 2. The summed E-state index contributed by atoms with van der Waals surface area (Å²) in [6.07, 6.45) is 8.38. The van der Waals surface area contributed by atoms with Gasteiger partial charge in [-0.25, -0.2) is 0 Å². The van der Waals surface area contributed by atoms with E-state index in [1.54, 1.807) is 0 Å². The minimum absolute atomic E-state index is 0.200. The number of carbonyl (C=O) groups excluding carboxylic acids is 1. The Morgan fingerprint density at radius 2 is 1.89 bits per heavy atom. The van der Waals surface area contributed by atoms with E-state index >= 15 is 0 Å². The molecular weight excluding hydrogens is 346 g/mol. The zero-order valence-corrected chi connectivity index (χ0v) is 18.0. The minimum Gasteiger partial charge on any atom is -0.356 e. The topological polar surface area (TPSA) is 35.6 Å². The van der Waals surface area contributed by atoms with Gasteiger partial charge in [0.2, 0.25) is 5.91 Å². The Bertz CT molecular complexity index is 610. The molecule has 0 bridgehead atoms. The lowest BCUT2D eigenvalue weighted by Crippen LogP contribution is -2.42. The van der Waals surface area contributed by atoms with Gasteiger partial charge in [-0.3, -0.25) is 9.69 Å². The van der Waals surface area contributed by atoms with Crippen LogP contribution in [0, 0.1) is 12.8 Å². The van der Waals surface area contributed by atoms with Crippen molar-refractivity contribution in [1.29, 1.82) is 0 Å². The Balaban J connectivity index is 1.32. The number of hydrogen-bond donors (Lipinski definition) is 1. The number of amides is 1. The van der Waals surface area contributed by atoms with Gasteiger partial charge in [0.05, 0.1) is 0 Å². The fourth-order valence-electron chi connectivity index (χ4n) is 4.84. The Morgan fingerprint density at radius 3 is 2.64 bits per heavy atom. The van der Waals surface area contributed by atoms with E-state index < -0.39 is 0 Å². The van der Waals surface area contributed by atoms with E-state index in [2.05, 4.69) is 53.2 Å². The molecule has 3 rings (SSSR count). The first-order valence-corrected chi connectivity index (χ1v) is 11.5. The molecule has 2 fully saturated rings. The molecule has 2 saturated heterocycles. The van der Waals surface area contributed by atoms with Gasteiger partial charge in [0.15, 0.2) is 0 Å². The number of rotatable bonds is 8. The molecule has 1 atom stereocenters. The average molecular weight is 386 g/mol. The van der Waals surface area contributed by atoms with Gasteiger partial charge < -0.3 is 10.2 Å². The van der Waals surface area contributed by atoms with Crippen molar-refractivity contribution in [2.45, 2.75) is 71.4 Å². The maximum absolute atomic E-state index is 12.5. The first-order valence-electron chi connectivity index (χ1n) is 11.5. The molecule has 0 saturated carbocycles. The smallest absolute Gasteiger partial charge is 0.223 e. The highest BCUT2D eigenvalue weighted by Gasteiger charge is 2.25. The van der Waals surface area contributed by atoms with Crippen LogP contribution in [0.15, 0.2) is 24.3 Å². The number of aryl methyl sites for hydroxylation is 1. The number of nitrogens with zero attached hydrogens (tertiary/aromatic N) is 2. The molecule has 4 nitrogen and oxygen atoms in total. The fourth-order valence-corrected chi connectivity index (χ4v) is 4.84. The van der Waals surface area contributed by atoms with Crippen LogP contribution in [0.2, 0.25) is 0 Å². The molecule has 0 aliphatic carbocycles. The lowest BCUT2D eigenvalue weighted by atomic mass is 9.95. The number of nitrogens with one attached hydrogen (secondary N) is 1. The van der Waals surface area contributed by atoms with Gasteiger partial charge in [-0.2, -0.15) is 0 Å². The van der Waals surface area contributed by atoms with Crippen molar-refractivity contribution in [2.24, 2.45) is 5.92 Å². The van der Waals surface area contributed by atoms with Gasteiger partial charge in [-0.1, -0.05) is 37.6 Å². The summed E-state index contributed by atoms with van der Waals surface area (Å²) in [6.45, 7) is 10.7. The zero-order valence-electron chi connectivity index (χ0n) is 18.0. The second kappa shape index (κ2) is 11.0. The third kappa shape index (κ3) is 6.05. The van der Waals surface area contributed by atoms with Crippen molar-refractivity contribution in [2.75, 3.05) is 32.7 Å². The van der Waals surface area contributed by atoms with Gasteiger partial charge in [-0.15, -0.1) is 0 Å². The molecule has 1 aromatic rings. The van der Waals surface area contributed by atoms with E-state index in [0.717, 1.165) is 58.0 Å². The zero-order chi connectivity index (χ0) is 19.8. The molecule has 2 aliphatic heterocycles. The number of piperidine rings is 2. The predicted molar refractivity (Wildman–Crippen MR) is 116 cm³/mol. The van der Waals surface area contributed by atoms with Gasteiger partial charge in [0.1, 0.15) is 0 Å². The maximum atomic E-state index is 12.5. The van der Waals surface area contributed by atoms with E-state index in [1.807, 2.05) is 0 Å². The number of benzene rings is 1. The standard InChI is InChI=1S/C24H39N3O/c1-3-23-11-6-7-15-27(23)16-8-14-25-24(28)21-12-17-26(18-13-21)19-22-10-5-4-9-20(22)2/h4-5,9-10,21,23H,3,6-8,11-19H2,1-2H3,(H,25,28)/t23-/m1/s1. The number of hydrogen-bond acceptors (Lipinski definition) is 3. The van der Waals surface area contributed by atoms with Crippen LogP contribution in [0.3, 0.4) is 0 Å². The summed E-state index contributed by atoms with van der Waals surface area (Å²) < 4.78 is 0. The van der Waals surface area contributed by atoms with Crippen LogP contribution in [0.1, 0.15) is 63.0 Å². The molecule has 0 unspecified atom stereocenters. The third-order valence-corrected chi connectivity index (χ3v) is 6.76. The summed E-state index contributed by atoms with van der Waals surface area (Å²) >= 11 is 0. The van der Waals surface area contributed by atoms with E-state index in [-0.39, 0.29) is 11.8 Å². The van der Waals surface area contributed by atoms with Crippen LogP contribution < -0.4 is 5.32 Å². The number of carbonyl (C=O) groups is 1. The van der Waals surface area contributed by atoms with Gasteiger partial charge in [0, 0.05) is 31.6 Å². The normalized spacial score (nSPS) is 22.3. The molecule has 0 spiro atoms. The summed E-state index contributed by atoms with van der Waals surface area (Å²) in [7, 11) is 0. The SMILES string of the molecule is CC[C@@H]1CCCCN1CCCNC(=O)C1CCN(Cc2ccccc2C)CC1. The van der Waals surface area contributed by atoms with E-state index in [1.165, 1.54) is 43.4 Å². The first-order chi connectivity index (χ1) is 13.7. The molecule has 1 N–H and O–H groups in total. The third-order valence-electron chi connectivity index (χ3n) is 6.76. The molecular formula is C24H39N3O. The quantitative estimate of drug-likeness (QED) is 0.688. The second-order valence-electron chi connectivity index (χ2n) is 8.72. The molecule has 28 heavy (non-hydrogen) atoms. The average Bonchev–Trinajstić information content (AvgIpc) is 2.73. The van der Waals surface area contributed by atoms with E-state index in [9.17, 15) is 4.79 Å². The van der Waals surface area contributed by atoms with Crippen LogP contribution >= 0.6 is 0 Å². The molecule has 2 heterocycles. The monoisotopic (exact) mass is 385 g/mol. The van der Waals surface area contributed by atoms with Crippen LogP contribution in [-0.4, -0.2) is 54.5 Å².